The summed E-state index contributed by atoms with van der Waals surface area (Å²) in [4.78, 5) is 2.72. The van der Waals surface area contributed by atoms with Gasteiger partial charge in [-0.25, -0.2) is 8.42 Å². The zero-order valence-corrected chi connectivity index (χ0v) is 14.0. The number of aryl methyl sites for hydroxylation is 2. The summed E-state index contributed by atoms with van der Waals surface area (Å²) in [6.07, 6.45) is 1.23. The van der Waals surface area contributed by atoms with Crippen molar-refractivity contribution < 1.29 is 8.42 Å². The van der Waals surface area contributed by atoms with Crippen molar-refractivity contribution in [3.05, 3.63) is 47.3 Å². The van der Waals surface area contributed by atoms with Crippen LogP contribution < -0.4 is 0 Å². The zero-order valence-electron chi connectivity index (χ0n) is 13.2. The molecule has 5 nitrogen and oxygen atoms in total. The number of benzene rings is 1. The van der Waals surface area contributed by atoms with Gasteiger partial charge >= 0.3 is 0 Å². The molecule has 3 rings (SSSR count). The fraction of sp³-hybridized carbons (Fsp3) is 0.438. The van der Waals surface area contributed by atoms with E-state index in [2.05, 4.69) is 27.7 Å². The predicted octanol–water partition coefficient (Wildman–Crippen LogP) is 1.96. The van der Waals surface area contributed by atoms with Crippen LogP contribution in [0, 0.1) is 13.8 Å². The van der Waals surface area contributed by atoms with Crippen molar-refractivity contribution in [3.8, 4) is 0 Å². The fourth-order valence-electron chi connectivity index (χ4n) is 2.94. The monoisotopic (exact) mass is 319 g/mol. The van der Waals surface area contributed by atoms with Gasteiger partial charge in [0, 0.05) is 31.6 Å². The van der Waals surface area contributed by atoms with Gasteiger partial charge in [-0.2, -0.15) is 5.10 Å². The van der Waals surface area contributed by atoms with Crippen molar-refractivity contribution in [2.45, 2.75) is 31.3 Å². The second-order valence-corrected chi connectivity index (χ2v) is 8.15. The summed E-state index contributed by atoms with van der Waals surface area (Å²) in [5.74, 6) is 0. The second-order valence-electron chi connectivity index (χ2n) is 6.14. The Kier molecular flexibility index (Phi) is 3.82. The molecule has 0 atom stereocenters. The molecule has 2 aromatic rings. The van der Waals surface area contributed by atoms with E-state index in [-0.39, 0.29) is 0 Å². The molecule has 0 saturated carbocycles. The van der Waals surface area contributed by atoms with Gasteiger partial charge in [0.1, 0.15) is 0 Å². The predicted molar refractivity (Wildman–Crippen MR) is 85.6 cm³/mol. The van der Waals surface area contributed by atoms with Gasteiger partial charge in [0.25, 0.3) is 0 Å². The lowest BCUT2D eigenvalue weighted by molar-refractivity contribution is 0.0893. The van der Waals surface area contributed by atoms with E-state index in [1.807, 2.05) is 19.1 Å². The van der Waals surface area contributed by atoms with Crippen LogP contribution in [0.4, 0.5) is 0 Å². The molecular weight excluding hydrogens is 298 g/mol. The highest BCUT2D eigenvalue weighted by Crippen LogP contribution is 2.24. The first-order valence-electron chi connectivity index (χ1n) is 7.37. The van der Waals surface area contributed by atoms with Crippen LogP contribution in [0.25, 0.3) is 0 Å². The molecule has 1 aliphatic rings. The molecule has 1 aromatic heterocycles. The van der Waals surface area contributed by atoms with Gasteiger partial charge in [-0.1, -0.05) is 12.1 Å². The van der Waals surface area contributed by atoms with Crippen LogP contribution in [0.3, 0.4) is 0 Å². The van der Waals surface area contributed by atoms with Gasteiger partial charge < -0.3 is 0 Å². The molecule has 0 spiro atoms. The number of rotatable bonds is 4. The molecule has 1 saturated heterocycles. The molecule has 0 radical (unpaired) electrons. The van der Waals surface area contributed by atoms with Gasteiger partial charge in [0.05, 0.1) is 16.6 Å². The molecule has 0 aliphatic carbocycles. The summed E-state index contributed by atoms with van der Waals surface area (Å²) in [5, 5.41) is 4.54. The second kappa shape index (κ2) is 5.52. The Hall–Kier alpha value is -1.66. The standard InChI is InChI=1S/C16H21N3O2S/c1-12-8-13(2)19(17-12)15-10-18(11-15)9-14-4-6-16(7-5-14)22(3,20)21/h4-8,15H,9-11H2,1-3H3. The zero-order chi connectivity index (χ0) is 15.9. The maximum atomic E-state index is 11.4. The average Bonchev–Trinajstić information content (AvgIpc) is 2.71. The maximum Gasteiger partial charge on any atom is 0.175 e. The van der Waals surface area contributed by atoms with Crippen LogP contribution in [0.1, 0.15) is 23.0 Å². The minimum Gasteiger partial charge on any atom is -0.295 e. The molecule has 6 heteroatoms. The first-order chi connectivity index (χ1) is 10.3. The average molecular weight is 319 g/mol. The van der Waals surface area contributed by atoms with Crippen LogP contribution in [0.2, 0.25) is 0 Å². The summed E-state index contributed by atoms with van der Waals surface area (Å²) >= 11 is 0. The largest absolute Gasteiger partial charge is 0.295 e. The molecule has 0 amide bonds. The van der Waals surface area contributed by atoms with E-state index >= 15 is 0 Å². The molecule has 1 aliphatic heterocycles. The van der Waals surface area contributed by atoms with Crippen molar-refractivity contribution in [3.63, 3.8) is 0 Å². The molecule has 0 bridgehead atoms. The first-order valence-corrected chi connectivity index (χ1v) is 9.26. The van der Waals surface area contributed by atoms with E-state index in [4.69, 9.17) is 0 Å². The fourth-order valence-corrected chi connectivity index (χ4v) is 3.57. The smallest absolute Gasteiger partial charge is 0.175 e. The minimum absolute atomic E-state index is 0.375. The van der Waals surface area contributed by atoms with Crippen LogP contribution in [-0.4, -0.2) is 42.4 Å². The normalized spacial score (nSPS) is 16.7. The lowest BCUT2D eigenvalue weighted by Crippen LogP contribution is -2.47. The first kappa shape index (κ1) is 15.2. The van der Waals surface area contributed by atoms with Gasteiger partial charge in [-0.05, 0) is 37.6 Å². The highest BCUT2D eigenvalue weighted by Gasteiger charge is 2.29. The lowest BCUT2D eigenvalue weighted by atomic mass is 10.1. The quantitative estimate of drug-likeness (QED) is 0.864. The number of nitrogens with zero attached hydrogens (tertiary/aromatic N) is 3. The number of aromatic nitrogens is 2. The molecule has 22 heavy (non-hydrogen) atoms. The van der Waals surface area contributed by atoms with E-state index in [9.17, 15) is 8.42 Å². The van der Waals surface area contributed by atoms with E-state index in [0.717, 1.165) is 30.9 Å². The van der Waals surface area contributed by atoms with Gasteiger partial charge in [0.15, 0.2) is 9.84 Å². The van der Waals surface area contributed by atoms with Crippen molar-refractivity contribution in [2.75, 3.05) is 19.3 Å². The molecule has 0 N–H and O–H groups in total. The highest BCUT2D eigenvalue weighted by atomic mass is 32.2. The minimum atomic E-state index is -3.11. The van der Waals surface area contributed by atoms with E-state index in [1.54, 1.807) is 12.1 Å². The number of hydrogen-bond donors (Lipinski definition) is 0. The van der Waals surface area contributed by atoms with Crippen molar-refractivity contribution in [1.82, 2.24) is 14.7 Å². The topological polar surface area (TPSA) is 55.2 Å². The highest BCUT2D eigenvalue weighted by molar-refractivity contribution is 7.90. The van der Waals surface area contributed by atoms with Crippen molar-refractivity contribution in [2.24, 2.45) is 0 Å². The van der Waals surface area contributed by atoms with Crippen molar-refractivity contribution >= 4 is 9.84 Å². The Labute approximate surface area is 131 Å². The Bertz CT molecular complexity index is 772. The summed E-state index contributed by atoms with van der Waals surface area (Å²) in [7, 11) is -3.11. The van der Waals surface area contributed by atoms with E-state index < -0.39 is 9.84 Å². The number of sulfone groups is 1. The summed E-state index contributed by atoms with van der Waals surface area (Å²) in [5.41, 5.74) is 3.41. The van der Waals surface area contributed by atoms with Crippen molar-refractivity contribution in [1.29, 1.82) is 0 Å². The lowest BCUT2D eigenvalue weighted by Gasteiger charge is -2.39. The molecule has 1 aromatic carbocycles. The number of likely N-dealkylation sites (tertiary alicyclic amines) is 1. The van der Waals surface area contributed by atoms with Gasteiger partial charge in [-0.15, -0.1) is 0 Å². The molecular formula is C16H21N3O2S. The van der Waals surface area contributed by atoms with Crippen LogP contribution in [-0.2, 0) is 16.4 Å². The van der Waals surface area contributed by atoms with E-state index in [0.29, 0.717) is 10.9 Å². The Balaban J connectivity index is 1.59. The number of hydrogen-bond acceptors (Lipinski definition) is 4. The Morgan fingerprint density at radius 1 is 1.18 bits per heavy atom. The van der Waals surface area contributed by atoms with Crippen LogP contribution in [0.15, 0.2) is 35.2 Å². The Morgan fingerprint density at radius 3 is 2.32 bits per heavy atom. The third kappa shape index (κ3) is 3.08. The van der Waals surface area contributed by atoms with Gasteiger partial charge in [0.2, 0.25) is 0 Å². The SMILES string of the molecule is Cc1cc(C)n(C2CN(Cc3ccc(S(C)(=O)=O)cc3)C2)n1. The summed E-state index contributed by atoms with van der Waals surface area (Å²) in [6.45, 7) is 6.92. The summed E-state index contributed by atoms with van der Waals surface area (Å²) < 4.78 is 25.0. The third-order valence-corrected chi connectivity index (χ3v) is 5.21. The summed E-state index contributed by atoms with van der Waals surface area (Å²) in [6, 6.07) is 9.71. The Morgan fingerprint density at radius 2 is 1.82 bits per heavy atom. The maximum absolute atomic E-state index is 11.4. The van der Waals surface area contributed by atoms with E-state index in [1.165, 1.54) is 11.9 Å². The van der Waals surface area contributed by atoms with Crippen LogP contribution in [0.5, 0.6) is 0 Å². The third-order valence-electron chi connectivity index (χ3n) is 4.09. The molecule has 0 unspecified atom stereocenters. The molecule has 118 valence electrons. The van der Waals surface area contributed by atoms with Crippen LogP contribution >= 0.6 is 0 Å². The van der Waals surface area contributed by atoms with Gasteiger partial charge in [-0.3, -0.25) is 9.58 Å². The molecule has 2 heterocycles. The molecule has 1 fully saturated rings.